The van der Waals surface area contributed by atoms with E-state index < -0.39 is 33.1 Å². The molecule has 1 rings (SSSR count). The summed E-state index contributed by atoms with van der Waals surface area (Å²) in [5.74, 6) is -0.205. The van der Waals surface area contributed by atoms with Crippen LogP contribution in [0.25, 0.3) is 0 Å². The van der Waals surface area contributed by atoms with Crippen molar-refractivity contribution < 1.29 is 22.8 Å². The fourth-order valence-electron chi connectivity index (χ4n) is 1.61. The van der Waals surface area contributed by atoms with Crippen molar-refractivity contribution in [3.05, 3.63) is 11.7 Å². The van der Waals surface area contributed by atoms with Gasteiger partial charge in [0.15, 0.2) is 9.84 Å². The Morgan fingerprint density at radius 1 is 1.43 bits per heavy atom. The fourth-order valence-corrected chi connectivity index (χ4v) is 2.07. The lowest BCUT2D eigenvalue weighted by atomic mass is 10.1. The molecule has 1 aromatic rings. The Labute approximate surface area is 123 Å². The molecule has 0 radical (unpaired) electrons. The minimum Gasteiger partial charge on any atom is -0.383 e. The molecule has 0 bridgehead atoms. The third-order valence-electron chi connectivity index (χ3n) is 3.21. The second kappa shape index (κ2) is 6.99. The van der Waals surface area contributed by atoms with Gasteiger partial charge >= 0.3 is 0 Å². The minimum atomic E-state index is -3.49. The van der Waals surface area contributed by atoms with Crippen LogP contribution in [0.4, 0.5) is 0 Å². The Hall–Kier alpha value is -1.48. The lowest BCUT2D eigenvalue weighted by Crippen LogP contribution is -2.45. The number of carbonyl (C=O) groups is 1. The number of rotatable bonds is 7. The summed E-state index contributed by atoms with van der Waals surface area (Å²) in [6, 6.07) is -0.691. The second-order valence-electron chi connectivity index (χ2n) is 4.84. The SMILES string of the molecule is CCc1nc(C(O)[C@H](CC)NC(=O)C(C)S(C)(=O)=O)no1. The lowest BCUT2D eigenvalue weighted by Gasteiger charge is -2.22. The molecule has 0 aliphatic heterocycles. The predicted octanol–water partition coefficient (Wildman–Crippen LogP) is -0.00670. The smallest absolute Gasteiger partial charge is 0.238 e. The van der Waals surface area contributed by atoms with Crippen molar-refractivity contribution in [1.82, 2.24) is 15.5 Å². The maximum Gasteiger partial charge on any atom is 0.238 e. The summed E-state index contributed by atoms with van der Waals surface area (Å²) in [5.41, 5.74) is 0. The zero-order chi connectivity index (χ0) is 16.2. The molecule has 2 unspecified atom stereocenters. The molecule has 0 aliphatic rings. The number of aliphatic hydroxyl groups is 1. The largest absolute Gasteiger partial charge is 0.383 e. The molecule has 1 aromatic heterocycles. The second-order valence-corrected chi connectivity index (χ2v) is 7.21. The number of nitrogens with zero attached hydrogens (tertiary/aromatic N) is 2. The minimum absolute atomic E-state index is 0.0750. The van der Waals surface area contributed by atoms with Crippen LogP contribution in [0.3, 0.4) is 0 Å². The van der Waals surface area contributed by atoms with Crippen molar-refractivity contribution in [1.29, 1.82) is 0 Å². The van der Waals surface area contributed by atoms with Crippen LogP contribution < -0.4 is 5.32 Å². The average molecular weight is 319 g/mol. The molecule has 21 heavy (non-hydrogen) atoms. The van der Waals surface area contributed by atoms with E-state index in [0.717, 1.165) is 6.26 Å². The van der Waals surface area contributed by atoms with Gasteiger partial charge in [-0.25, -0.2) is 8.42 Å². The van der Waals surface area contributed by atoms with Crippen molar-refractivity contribution in [2.75, 3.05) is 6.26 Å². The van der Waals surface area contributed by atoms with Gasteiger partial charge in [0.25, 0.3) is 0 Å². The zero-order valence-corrected chi connectivity index (χ0v) is 13.3. The Balaban J connectivity index is 2.81. The van der Waals surface area contributed by atoms with E-state index in [1.54, 1.807) is 6.92 Å². The standard InChI is InChI=1S/C12H21N3O5S/c1-5-8(13-12(17)7(3)21(4,18)19)10(16)11-14-9(6-2)20-15-11/h7-8,10,16H,5-6H2,1-4H3,(H,13,17)/t7?,8-,10?/m0/s1. The molecule has 2 N–H and O–H groups in total. The maximum atomic E-state index is 11.9. The van der Waals surface area contributed by atoms with Gasteiger partial charge in [-0.05, 0) is 13.3 Å². The quantitative estimate of drug-likeness (QED) is 0.724. The van der Waals surface area contributed by atoms with Gasteiger partial charge in [-0.3, -0.25) is 4.79 Å². The van der Waals surface area contributed by atoms with Crippen molar-refractivity contribution in [3.63, 3.8) is 0 Å². The average Bonchev–Trinajstić information content (AvgIpc) is 2.90. The van der Waals surface area contributed by atoms with Gasteiger partial charge in [0.05, 0.1) is 6.04 Å². The molecule has 0 saturated carbocycles. The molecule has 1 heterocycles. The molecule has 0 saturated heterocycles. The summed E-state index contributed by atoms with van der Waals surface area (Å²) >= 11 is 0. The van der Waals surface area contributed by atoms with Crippen molar-refractivity contribution >= 4 is 15.7 Å². The van der Waals surface area contributed by atoms with E-state index in [2.05, 4.69) is 15.5 Å². The molecule has 120 valence electrons. The highest BCUT2D eigenvalue weighted by atomic mass is 32.2. The number of hydrogen-bond acceptors (Lipinski definition) is 7. The predicted molar refractivity (Wildman–Crippen MR) is 75.2 cm³/mol. The number of carbonyl (C=O) groups excluding carboxylic acids is 1. The van der Waals surface area contributed by atoms with Crippen LogP contribution in [0.1, 0.15) is 45.0 Å². The van der Waals surface area contributed by atoms with Crippen LogP contribution in [-0.4, -0.2) is 47.1 Å². The highest BCUT2D eigenvalue weighted by Crippen LogP contribution is 2.16. The summed E-state index contributed by atoms with van der Waals surface area (Å²) in [5, 5.41) is 15.1. The Morgan fingerprint density at radius 3 is 2.48 bits per heavy atom. The van der Waals surface area contributed by atoms with Gasteiger partial charge < -0.3 is 14.9 Å². The molecule has 0 spiro atoms. The summed E-state index contributed by atoms with van der Waals surface area (Å²) in [6.45, 7) is 4.88. The van der Waals surface area contributed by atoms with Crippen LogP contribution in [0, 0.1) is 0 Å². The first-order valence-corrected chi connectivity index (χ1v) is 8.65. The number of sulfone groups is 1. The third kappa shape index (κ3) is 4.50. The van der Waals surface area contributed by atoms with Gasteiger partial charge in [0, 0.05) is 12.7 Å². The van der Waals surface area contributed by atoms with E-state index in [1.165, 1.54) is 6.92 Å². The maximum absolute atomic E-state index is 11.9. The summed E-state index contributed by atoms with van der Waals surface area (Å²) in [7, 11) is -3.49. The Kier molecular flexibility index (Phi) is 5.85. The third-order valence-corrected chi connectivity index (χ3v) is 4.71. The molecule has 8 nitrogen and oxygen atoms in total. The van der Waals surface area contributed by atoms with Gasteiger partial charge in [-0.15, -0.1) is 0 Å². The van der Waals surface area contributed by atoms with Gasteiger partial charge in [-0.2, -0.15) is 4.98 Å². The van der Waals surface area contributed by atoms with E-state index in [9.17, 15) is 18.3 Å². The first-order valence-electron chi connectivity index (χ1n) is 6.70. The zero-order valence-electron chi connectivity index (χ0n) is 12.5. The van der Waals surface area contributed by atoms with Crippen molar-refractivity contribution in [2.24, 2.45) is 0 Å². The molecule has 0 aliphatic carbocycles. The normalized spacial score (nSPS) is 16.2. The first-order chi connectivity index (χ1) is 9.70. The first kappa shape index (κ1) is 17.6. The molecule has 1 amide bonds. The van der Waals surface area contributed by atoms with Gasteiger partial charge in [-0.1, -0.05) is 19.0 Å². The Bertz CT molecular complexity index is 583. The van der Waals surface area contributed by atoms with Crippen LogP contribution in [-0.2, 0) is 21.1 Å². The van der Waals surface area contributed by atoms with E-state index in [4.69, 9.17) is 4.52 Å². The summed E-state index contributed by atoms with van der Waals surface area (Å²) < 4.78 is 27.6. The van der Waals surface area contributed by atoms with Crippen LogP contribution >= 0.6 is 0 Å². The number of aromatic nitrogens is 2. The van der Waals surface area contributed by atoms with Crippen molar-refractivity contribution in [2.45, 2.75) is 51.0 Å². The highest BCUT2D eigenvalue weighted by molar-refractivity contribution is 7.92. The lowest BCUT2D eigenvalue weighted by molar-refractivity contribution is -0.122. The number of amides is 1. The molecule has 3 atom stereocenters. The topological polar surface area (TPSA) is 122 Å². The van der Waals surface area contributed by atoms with E-state index in [1.807, 2.05) is 6.92 Å². The monoisotopic (exact) mass is 319 g/mol. The van der Waals surface area contributed by atoms with Crippen molar-refractivity contribution in [3.8, 4) is 0 Å². The fraction of sp³-hybridized carbons (Fsp3) is 0.750. The molecular weight excluding hydrogens is 298 g/mol. The van der Waals surface area contributed by atoms with Crippen LogP contribution in [0.5, 0.6) is 0 Å². The van der Waals surface area contributed by atoms with Crippen LogP contribution in [0.15, 0.2) is 4.52 Å². The van der Waals surface area contributed by atoms with E-state index in [-0.39, 0.29) is 5.82 Å². The van der Waals surface area contributed by atoms with Gasteiger partial charge in [0.1, 0.15) is 11.4 Å². The Morgan fingerprint density at radius 2 is 2.05 bits per heavy atom. The number of nitrogens with one attached hydrogen (secondary N) is 1. The van der Waals surface area contributed by atoms with E-state index >= 15 is 0 Å². The number of aliphatic hydroxyl groups excluding tert-OH is 1. The molecule has 9 heteroatoms. The molecule has 0 aromatic carbocycles. The summed E-state index contributed by atoms with van der Waals surface area (Å²) in [4.78, 5) is 15.9. The van der Waals surface area contributed by atoms with Gasteiger partial charge in [0.2, 0.25) is 17.6 Å². The number of aryl methyl sites for hydroxylation is 1. The van der Waals surface area contributed by atoms with Crippen LogP contribution in [0.2, 0.25) is 0 Å². The number of hydrogen-bond donors (Lipinski definition) is 2. The molecule has 0 fully saturated rings. The highest BCUT2D eigenvalue weighted by Gasteiger charge is 2.30. The molecular formula is C12H21N3O5S. The summed E-state index contributed by atoms with van der Waals surface area (Å²) in [6.07, 6.45) is 0.754. The van der Waals surface area contributed by atoms with E-state index in [0.29, 0.717) is 18.7 Å².